The monoisotopic (exact) mass is 272 g/mol. The highest BCUT2D eigenvalue weighted by Gasteiger charge is 2.30. The molecule has 0 saturated carbocycles. The Morgan fingerprint density at radius 3 is 1.59 bits per heavy atom. The van der Waals surface area contributed by atoms with Crippen LogP contribution in [-0.2, 0) is 24.5 Å². The smallest absolute Gasteiger partial charge is 0.329 e. The first-order valence-corrected chi connectivity index (χ1v) is 5.39. The lowest BCUT2D eigenvalue weighted by Gasteiger charge is -2.06. The number of primary amides is 2. The predicted molar refractivity (Wildman–Crippen MR) is 53.1 cm³/mol. The molecule has 0 spiro atoms. The van der Waals surface area contributed by atoms with Gasteiger partial charge in [0.05, 0.1) is 6.42 Å². The van der Waals surface area contributed by atoms with Gasteiger partial charge in [-0.15, -0.1) is 0 Å². The van der Waals surface area contributed by atoms with Crippen LogP contribution in [0.3, 0.4) is 0 Å². The summed E-state index contributed by atoms with van der Waals surface area (Å²) < 4.78 is 29.1. The number of aliphatic carboxylic acids is 1. The van der Waals surface area contributed by atoms with Gasteiger partial charge < -0.3 is 21.7 Å². The Hall–Kier alpha value is -1.72. The van der Waals surface area contributed by atoms with E-state index in [2.05, 4.69) is 11.5 Å². The van der Waals surface area contributed by atoms with Crippen LogP contribution in [0.1, 0.15) is 6.42 Å². The van der Waals surface area contributed by atoms with Crippen LogP contribution in [0.5, 0.6) is 0 Å². The summed E-state index contributed by atoms with van der Waals surface area (Å²) >= 11 is 0. The maximum absolute atomic E-state index is 10.4. The molecule has 0 bridgehead atoms. The fraction of sp³-hybridized carbons (Fsp3) is 0.500. The highest BCUT2D eigenvalue weighted by molar-refractivity contribution is 7.87. The molecule has 0 aromatic carbocycles. The first-order valence-electron chi connectivity index (χ1n) is 3.89. The minimum Gasteiger partial charge on any atom is -0.480 e. The van der Waals surface area contributed by atoms with E-state index in [1.807, 2.05) is 0 Å². The molecule has 1 atom stereocenters. The van der Waals surface area contributed by atoms with E-state index in [0.717, 1.165) is 0 Å². The molecule has 10 nitrogen and oxygen atoms in total. The molecule has 0 heterocycles. The molecule has 7 N–H and O–H groups in total. The first kappa shape index (κ1) is 17.7. The van der Waals surface area contributed by atoms with Gasteiger partial charge in [0.25, 0.3) is 10.1 Å². The second kappa shape index (κ2) is 7.54. The molecule has 0 aliphatic rings. The summed E-state index contributed by atoms with van der Waals surface area (Å²) in [5.74, 6) is -3.53. The van der Waals surface area contributed by atoms with E-state index in [0.29, 0.717) is 0 Å². The van der Waals surface area contributed by atoms with Crippen molar-refractivity contribution in [3.63, 3.8) is 0 Å². The van der Waals surface area contributed by atoms with Crippen molar-refractivity contribution < 1.29 is 37.6 Å². The molecule has 0 radical (unpaired) electrons. The van der Waals surface area contributed by atoms with Crippen LogP contribution in [0.25, 0.3) is 0 Å². The van der Waals surface area contributed by atoms with Gasteiger partial charge in [0.1, 0.15) is 6.61 Å². The normalized spacial score (nSPS) is 11.9. The van der Waals surface area contributed by atoms with Gasteiger partial charge in [-0.2, -0.15) is 8.42 Å². The predicted octanol–water partition coefficient (Wildman–Crippen LogP) is -3.33. The zero-order chi connectivity index (χ0) is 14.2. The number of hydrogen-bond donors (Lipinski definition) is 5. The van der Waals surface area contributed by atoms with Crippen molar-refractivity contribution in [2.75, 3.05) is 6.61 Å². The topological polar surface area (TPSA) is 198 Å². The molecule has 0 saturated heterocycles. The van der Waals surface area contributed by atoms with Gasteiger partial charge in [0.15, 0.2) is 5.25 Å². The number of carbonyl (C=O) groups excluding carboxylic acids is 2. The van der Waals surface area contributed by atoms with Crippen LogP contribution < -0.4 is 11.5 Å². The molecule has 2 amide bonds. The van der Waals surface area contributed by atoms with E-state index < -0.39 is 46.2 Å². The molecular weight excluding hydrogens is 260 g/mol. The average molecular weight is 272 g/mol. The van der Waals surface area contributed by atoms with Crippen molar-refractivity contribution in [1.82, 2.24) is 0 Å². The SMILES string of the molecule is NC(=O)CC(C(N)=O)S(=O)(=O)O.O=C(O)CO. The third-order valence-electron chi connectivity index (χ3n) is 1.20. The Balaban J connectivity index is 0. The van der Waals surface area contributed by atoms with Crippen LogP contribution in [0.15, 0.2) is 0 Å². The van der Waals surface area contributed by atoms with Crippen molar-refractivity contribution in [1.29, 1.82) is 0 Å². The van der Waals surface area contributed by atoms with Gasteiger partial charge in [-0.05, 0) is 0 Å². The molecule has 17 heavy (non-hydrogen) atoms. The lowest BCUT2D eigenvalue weighted by molar-refractivity contribution is -0.140. The van der Waals surface area contributed by atoms with Gasteiger partial charge in [-0.3, -0.25) is 14.1 Å². The van der Waals surface area contributed by atoms with Crippen molar-refractivity contribution in [3.05, 3.63) is 0 Å². The third kappa shape index (κ3) is 10.6. The highest BCUT2D eigenvalue weighted by Crippen LogP contribution is 2.02. The molecule has 0 aromatic heterocycles. The summed E-state index contributed by atoms with van der Waals surface area (Å²) in [5.41, 5.74) is 9.19. The number of carboxylic acid groups (broad SMARTS) is 1. The standard InChI is InChI=1S/C4H8N2O5S.C2H4O3/c5-3(7)1-2(4(6)8)12(9,10)11;3-1-2(4)5/h2H,1H2,(H2,5,7)(H2,6,8)(H,9,10,11);3H,1H2,(H,4,5). The third-order valence-corrected chi connectivity index (χ3v) is 2.32. The van der Waals surface area contributed by atoms with Crippen LogP contribution in [0.4, 0.5) is 0 Å². The molecule has 0 fully saturated rings. The molecule has 0 rings (SSSR count). The number of aliphatic hydroxyl groups is 1. The van der Waals surface area contributed by atoms with Gasteiger partial charge in [-0.25, -0.2) is 4.79 Å². The Kier molecular flexibility index (Phi) is 7.83. The molecular formula is C6H12N2O8S. The van der Waals surface area contributed by atoms with Crippen LogP contribution in [0, 0.1) is 0 Å². The number of nitrogens with two attached hydrogens (primary N) is 2. The second-order valence-electron chi connectivity index (χ2n) is 2.63. The number of hydrogen-bond acceptors (Lipinski definition) is 6. The van der Waals surface area contributed by atoms with Crippen LogP contribution in [-0.4, -0.2) is 52.8 Å². The van der Waals surface area contributed by atoms with E-state index >= 15 is 0 Å². The van der Waals surface area contributed by atoms with Gasteiger partial charge in [0.2, 0.25) is 11.8 Å². The maximum Gasteiger partial charge on any atom is 0.329 e. The average Bonchev–Trinajstić information content (AvgIpc) is 2.12. The van der Waals surface area contributed by atoms with Crippen molar-refractivity contribution in [2.24, 2.45) is 11.5 Å². The minimum atomic E-state index is -4.63. The van der Waals surface area contributed by atoms with Crippen molar-refractivity contribution >= 4 is 27.9 Å². The summed E-state index contributed by atoms with van der Waals surface area (Å²) in [7, 11) is -4.63. The molecule has 0 aromatic rings. The molecule has 0 aliphatic carbocycles. The number of aliphatic hydroxyl groups excluding tert-OH is 1. The van der Waals surface area contributed by atoms with Gasteiger partial charge >= 0.3 is 5.97 Å². The molecule has 1 unspecified atom stereocenters. The van der Waals surface area contributed by atoms with E-state index in [9.17, 15) is 18.0 Å². The molecule has 100 valence electrons. The minimum absolute atomic E-state index is 0.778. The second-order valence-corrected chi connectivity index (χ2v) is 4.23. The first-order chi connectivity index (χ1) is 7.52. The van der Waals surface area contributed by atoms with Crippen LogP contribution in [0.2, 0.25) is 0 Å². The molecule has 0 aliphatic heterocycles. The van der Waals surface area contributed by atoms with Crippen molar-refractivity contribution in [2.45, 2.75) is 11.7 Å². The number of carbonyl (C=O) groups is 3. The van der Waals surface area contributed by atoms with E-state index in [4.69, 9.17) is 19.6 Å². The Bertz CT molecular complexity index is 389. The Morgan fingerprint density at radius 1 is 1.18 bits per heavy atom. The highest BCUT2D eigenvalue weighted by atomic mass is 32.2. The van der Waals surface area contributed by atoms with Gasteiger partial charge in [-0.1, -0.05) is 0 Å². The fourth-order valence-electron chi connectivity index (χ4n) is 0.535. The zero-order valence-corrected chi connectivity index (χ0v) is 9.25. The summed E-state index contributed by atoms with van der Waals surface area (Å²) in [6.07, 6.45) is -0.811. The van der Waals surface area contributed by atoms with E-state index in [1.165, 1.54) is 0 Å². The van der Waals surface area contributed by atoms with Crippen LogP contribution >= 0.6 is 0 Å². The lowest BCUT2D eigenvalue weighted by atomic mass is 10.3. The summed E-state index contributed by atoms with van der Waals surface area (Å²) in [6.45, 7) is -0.778. The fourth-order valence-corrected chi connectivity index (χ4v) is 1.20. The van der Waals surface area contributed by atoms with Crippen molar-refractivity contribution in [3.8, 4) is 0 Å². The number of amides is 2. The Labute approximate surface area is 96.0 Å². The number of rotatable bonds is 5. The quantitative estimate of drug-likeness (QED) is 0.320. The molecule has 11 heteroatoms. The lowest BCUT2D eigenvalue weighted by Crippen LogP contribution is -2.38. The number of carboxylic acids is 1. The van der Waals surface area contributed by atoms with E-state index in [1.54, 1.807) is 0 Å². The maximum atomic E-state index is 10.4. The largest absolute Gasteiger partial charge is 0.480 e. The zero-order valence-electron chi connectivity index (χ0n) is 8.44. The Morgan fingerprint density at radius 2 is 1.53 bits per heavy atom. The van der Waals surface area contributed by atoms with E-state index in [-0.39, 0.29) is 0 Å². The van der Waals surface area contributed by atoms with Gasteiger partial charge in [0, 0.05) is 0 Å². The summed E-state index contributed by atoms with van der Waals surface area (Å²) in [6, 6.07) is 0. The summed E-state index contributed by atoms with van der Waals surface area (Å²) in [5, 5.41) is 13.1. The summed E-state index contributed by atoms with van der Waals surface area (Å²) in [4.78, 5) is 29.7.